The summed E-state index contributed by atoms with van der Waals surface area (Å²) in [6, 6.07) is 12.9. The van der Waals surface area contributed by atoms with Crippen LogP contribution in [0.1, 0.15) is 30.1 Å². The molecule has 0 saturated carbocycles. The van der Waals surface area contributed by atoms with Crippen LogP contribution in [0.2, 0.25) is 0 Å². The molecule has 0 unspecified atom stereocenters. The standard InChI is InChI=1S/C17H17NO4/c1-2-6-16(20)18-12-9-10-14(15(19)11-12)17(21)22-13-7-4-3-5-8-13/h3-5,7-11,19H,2,6H2,1H3,(H,18,20). The third-order valence-electron chi connectivity index (χ3n) is 2.93. The zero-order valence-electron chi connectivity index (χ0n) is 12.2. The van der Waals surface area contributed by atoms with Crippen molar-refractivity contribution in [2.45, 2.75) is 19.8 Å². The molecule has 2 rings (SSSR count). The SMILES string of the molecule is CCCC(=O)Nc1ccc(C(=O)Oc2ccccc2)c(O)c1. The van der Waals surface area contributed by atoms with Crippen LogP contribution < -0.4 is 10.1 Å². The molecule has 5 heteroatoms. The van der Waals surface area contributed by atoms with Crippen molar-refractivity contribution < 1.29 is 19.4 Å². The molecule has 0 radical (unpaired) electrons. The average molecular weight is 299 g/mol. The first-order chi connectivity index (χ1) is 10.6. The van der Waals surface area contributed by atoms with E-state index in [4.69, 9.17) is 4.74 Å². The summed E-state index contributed by atoms with van der Waals surface area (Å²) in [4.78, 5) is 23.5. The number of esters is 1. The van der Waals surface area contributed by atoms with Gasteiger partial charge in [-0.2, -0.15) is 0 Å². The summed E-state index contributed by atoms with van der Waals surface area (Å²) in [5, 5.41) is 12.6. The highest BCUT2D eigenvalue weighted by Crippen LogP contribution is 2.24. The molecule has 0 spiro atoms. The van der Waals surface area contributed by atoms with Crippen molar-refractivity contribution in [3.05, 3.63) is 54.1 Å². The fourth-order valence-electron chi connectivity index (χ4n) is 1.88. The van der Waals surface area contributed by atoms with E-state index in [9.17, 15) is 14.7 Å². The van der Waals surface area contributed by atoms with E-state index in [1.807, 2.05) is 13.0 Å². The van der Waals surface area contributed by atoms with Crippen LogP contribution in [0.5, 0.6) is 11.5 Å². The number of carbonyl (C=O) groups excluding carboxylic acids is 2. The molecule has 114 valence electrons. The van der Waals surface area contributed by atoms with Gasteiger partial charge >= 0.3 is 5.97 Å². The van der Waals surface area contributed by atoms with Gasteiger partial charge in [0.1, 0.15) is 17.1 Å². The van der Waals surface area contributed by atoms with E-state index in [1.165, 1.54) is 12.1 Å². The number of benzene rings is 2. The van der Waals surface area contributed by atoms with Crippen molar-refractivity contribution in [3.8, 4) is 11.5 Å². The maximum absolute atomic E-state index is 12.0. The second kappa shape index (κ2) is 7.26. The van der Waals surface area contributed by atoms with Gasteiger partial charge in [0, 0.05) is 18.2 Å². The van der Waals surface area contributed by atoms with Crippen LogP contribution in [0.25, 0.3) is 0 Å². The summed E-state index contributed by atoms with van der Waals surface area (Å²) >= 11 is 0. The molecule has 1 amide bonds. The average Bonchev–Trinajstić information content (AvgIpc) is 2.48. The molecular weight excluding hydrogens is 282 g/mol. The molecule has 0 heterocycles. The highest BCUT2D eigenvalue weighted by molar-refractivity contribution is 5.96. The van der Waals surface area contributed by atoms with Crippen LogP contribution in [0.3, 0.4) is 0 Å². The molecule has 5 nitrogen and oxygen atoms in total. The van der Waals surface area contributed by atoms with Crippen molar-refractivity contribution in [3.63, 3.8) is 0 Å². The molecule has 0 bridgehead atoms. The van der Waals surface area contributed by atoms with Gasteiger partial charge in [0.05, 0.1) is 0 Å². The van der Waals surface area contributed by atoms with Crippen LogP contribution in [0.15, 0.2) is 48.5 Å². The fraction of sp³-hybridized carbons (Fsp3) is 0.176. The van der Waals surface area contributed by atoms with Crippen LogP contribution in [-0.2, 0) is 4.79 Å². The topological polar surface area (TPSA) is 75.6 Å². The Morgan fingerprint density at radius 1 is 1.14 bits per heavy atom. The lowest BCUT2D eigenvalue weighted by atomic mass is 10.1. The van der Waals surface area contributed by atoms with Crippen molar-refractivity contribution in [1.82, 2.24) is 0 Å². The first-order valence-electron chi connectivity index (χ1n) is 7.00. The Labute approximate surface area is 128 Å². The van der Waals surface area contributed by atoms with Gasteiger partial charge in [0.15, 0.2) is 0 Å². The number of aromatic hydroxyl groups is 1. The van der Waals surface area contributed by atoms with Crippen LogP contribution in [0.4, 0.5) is 5.69 Å². The second-order valence-corrected chi connectivity index (χ2v) is 4.73. The van der Waals surface area contributed by atoms with E-state index in [0.717, 1.165) is 6.42 Å². The van der Waals surface area contributed by atoms with Gasteiger partial charge in [0.25, 0.3) is 0 Å². The molecule has 0 aliphatic heterocycles. The molecule has 0 saturated heterocycles. The summed E-state index contributed by atoms with van der Waals surface area (Å²) in [7, 11) is 0. The number of ether oxygens (including phenoxy) is 1. The fourth-order valence-corrected chi connectivity index (χ4v) is 1.88. The number of hydrogen-bond donors (Lipinski definition) is 2. The number of para-hydroxylation sites is 1. The summed E-state index contributed by atoms with van der Waals surface area (Å²) in [5.74, 6) is -0.640. The van der Waals surface area contributed by atoms with Gasteiger partial charge in [-0.05, 0) is 30.7 Å². The number of nitrogens with one attached hydrogen (secondary N) is 1. The first kappa shape index (κ1) is 15.6. The van der Waals surface area contributed by atoms with E-state index in [1.54, 1.807) is 30.3 Å². The molecule has 22 heavy (non-hydrogen) atoms. The van der Waals surface area contributed by atoms with Gasteiger partial charge < -0.3 is 15.2 Å². The Hall–Kier alpha value is -2.82. The summed E-state index contributed by atoms with van der Waals surface area (Å²) in [6.45, 7) is 1.90. The van der Waals surface area contributed by atoms with Gasteiger partial charge in [0.2, 0.25) is 5.91 Å². The summed E-state index contributed by atoms with van der Waals surface area (Å²) in [6.07, 6.45) is 1.14. The van der Waals surface area contributed by atoms with Crippen molar-refractivity contribution in [2.24, 2.45) is 0 Å². The summed E-state index contributed by atoms with van der Waals surface area (Å²) < 4.78 is 5.15. The van der Waals surface area contributed by atoms with Gasteiger partial charge in [-0.15, -0.1) is 0 Å². The quantitative estimate of drug-likeness (QED) is 0.655. The zero-order chi connectivity index (χ0) is 15.9. The Bertz CT molecular complexity index is 668. The maximum atomic E-state index is 12.0. The van der Waals surface area contributed by atoms with Crippen LogP contribution >= 0.6 is 0 Å². The molecule has 0 fully saturated rings. The van der Waals surface area contributed by atoms with E-state index < -0.39 is 5.97 Å². The van der Waals surface area contributed by atoms with Crippen molar-refractivity contribution in [1.29, 1.82) is 0 Å². The Balaban J connectivity index is 2.09. The van der Waals surface area contributed by atoms with E-state index in [2.05, 4.69) is 5.32 Å². The molecule has 0 aromatic heterocycles. The predicted octanol–water partition coefficient (Wildman–Crippen LogP) is 3.35. The largest absolute Gasteiger partial charge is 0.507 e. The molecule has 0 atom stereocenters. The normalized spacial score (nSPS) is 10.0. The number of hydrogen-bond acceptors (Lipinski definition) is 4. The monoisotopic (exact) mass is 299 g/mol. The molecular formula is C17H17NO4. The summed E-state index contributed by atoms with van der Waals surface area (Å²) in [5.41, 5.74) is 0.476. The Kier molecular flexibility index (Phi) is 5.14. The second-order valence-electron chi connectivity index (χ2n) is 4.73. The van der Waals surface area contributed by atoms with Crippen LogP contribution in [0, 0.1) is 0 Å². The highest BCUT2D eigenvalue weighted by atomic mass is 16.5. The highest BCUT2D eigenvalue weighted by Gasteiger charge is 2.14. The first-order valence-corrected chi connectivity index (χ1v) is 7.00. The predicted molar refractivity (Wildman–Crippen MR) is 83.0 cm³/mol. The number of carbonyl (C=O) groups is 2. The third-order valence-corrected chi connectivity index (χ3v) is 2.93. The number of phenolic OH excluding ortho intramolecular Hbond substituents is 1. The molecule has 2 aromatic carbocycles. The van der Waals surface area contributed by atoms with Gasteiger partial charge in [-0.3, -0.25) is 4.79 Å². The van der Waals surface area contributed by atoms with Gasteiger partial charge in [-0.25, -0.2) is 4.79 Å². The minimum atomic E-state index is -0.657. The van der Waals surface area contributed by atoms with Crippen LogP contribution in [-0.4, -0.2) is 17.0 Å². The maximum Gasteiger partial charge on any atom is 0.347 e. The molecule has 2 aromatic rings. The van der Waals surface area contributed by atoms with Gasteiger partial charge in [-0.1, -0.05) is 25.1 Å². The Morgan fingerprint density at radius 2 is 1.86 bits per heavy atom. The molecule has 2 N–H and O–H groups in total. The Morgan fingerprint density at radius 3 is 2.50 bits per heavy atom. The van der Waals surface area contributed by atoms with Crippen molar-refractivity contribution in [2.75, 3.05) is 5.32 Å². The zero-order valence-corrected chi connectivity index (χ0v) is 12.2. The van der Waals surface area contributed by atoms with E-state index in [-0.39, 0.29) is 17.2 Å². The molecule has 0 aliphatic carbocycles. The van der Waals surface area contributed by atoms with E-state index >= 15 is 0 Å². The lowest BCUT2D eigenvalue weighted by molar-refractivity contribution is -0.116. The number of phenols is 1. The minimum Gasteiger partial charge on any atom is -0.507 e. The van der Waals surface area contributed by atoms with Crippen molar-refractivity contribution >= 4 is 17.6 Å². The molecule has 0 aliphatic rings. The number of rotatable bonds is 5. The minimum absolute atomic E-state index is 0.0392. The number of amides is 1. The third kappa shape index (κ3) is 4.09. The lowest BCUT2D eigenvalue weighted by Crippen LogP contribution is -2.12. The smallest absolute Gasteiger partial charge is 0.347 e. The number of anilines is 1. The van der Waals surface area contributed by atoms with E-state index in [0.29, 0.717) is 17.9 Å². The lowest BCUT2D eigenvalue weighted by Gasteiger charge is -2.08.